The number of hydrogen-bond donors (Lipinski definition) is 1. The third-order valence-corrected chi connectivity index (χ3v) is 7.10. The molecule has 4 nitrogen and oxygen atoms in total. The smallest absolute Gasteiger partial charge is 0.247 e. The van der Waals surface area contributed by atoms with Crippen molar-refractivity contribution in [1.82, 2.24) is 10.2 Å². The monoisotopic (exact) mass is 468 g/mol. The summed E-state index contributed by atoms with van der Waals surface area (Å²) < 4.78 is 0. The number of rotatable bonds is 11. The molecule has 1 fully saturated rings. The van der Waals surface area contributed by atoms with Gasteiger partial charge in [-0.05, 0) is 48.8 Å². The first-order valence-corrected chi connectivity index (χ1v) is 12.7. The Morgan fingerprint density at radius 3 is 2.42 bits per heavy atom. The van der Waals surface area contributed by atoms with E-state index in [1.165, 1.54) is 6.42 Å². The average molecular weight is 469 g/mol. The second kappa shape index (κ2) is 13.3. The zero-order valence-electron chi connectivity index (χ0n) is 19.2. The number of benzene rings is 1. The van der Waals surface area contributed by atoms with Crippen LogP contribution in [-0.4, -0.2) is 35.2 Å². The highest BCUT2D eigenvalue weighted by Crippen LogP contribution is 2.29. The number of carbonyl (C=O) groups is 2. The fourth-order valence-electron chi connectivity index (χ4n) is 4.53. The van der Waals surface area contributed by atoms with Crippen LogP contribution in [0.4, 0.5) is 0 Å². The first-order valence-electron chi connectivity index (χ1n) is 11.8. The molecule has 1 aromatic carbocycles. The normalized spacial score (nSPS) is 20.7. The molecule has 1 aliphatic rings. The van der Waals surface area contributed by atoms with Gasteiger partial charge in [0.1, 0.15) is 11.9 Å². The second-order valence-corrected chi connectivity index (χ2v) is 9.63. The van der Waals surface area contributed by atoms with Gasteiger partial charge in [0.2, 0.25) is 11.8 Å². The molecule has 4 atom stereocenters. The van der Waals surface area contributed by atoms with Crippen LogP contribution in [0.25, 0.3) is 0 Å². The molecule has 0 heterocycles. The molecule has 0 saturated heterocycles. The van der Waals surface area contributed by atoms with E-state index in [1.807, 2.05) is 12.1 Å². The Balaban J connectivity index is 2.34. The lowest BCUT2D eigenvalue weighted by Crippen LogP contribution is -2.50. The Hall–Kier alpha value is -1.26. The van der Waals surface area contributed by atoms with Gasteiger partial charge in [0, 0.05) is 17.6 Å². The van der Waals surface area contributed by atoms with E-state index < -0.39 is 6.04 Å². The molecule has 174 valence electrons. The molecule has 1 aromatic rings. The van der Waals surface area contributed by atoms with Crippen LogP contribution >= 0.6 is 23.2 Å². The van der Waals surface area contributed by atoms with Crippen molar-refractivity contribution >= 4 is 35.0 Å². The van der Waals surface area contributed by atoms with Crippen LogP contribution in [0.5, 0.6) is 0 Å². The van der Waals surface area contributed by atoms with Crippen LogP contribution in [0.3, 0.4) is 0 Å². The Morgan fingerprint density at radius 1 is 1.16 bits per heavy atom. The summed E-state index contributed by atoms with van der Waals surface area (Å²) in [7, 11) is 0. The molecular formula is C25H38Cl2N2O2. The molecule has 0 unspecified atom stereocenters. The molecule has 31 heavy (non-hydrogen) atoms. The van der Waals surface area contributed by atoms with Crippen molar-refractivity contribution in [3.05, 3.63) is 34.9 Å². The van der Waals surface area contributed by atoms with Gasteiger partial charge in [0.25, 0.3) is 0 Å². The van der Waals surface area contributed by atoms with Crippen molar-refractivity contribution in [2.75, 3.05) is 12.4 Å². The Labute approximate surface area is 198 Å². The van der Waals surface area contributed by atoms with Crippen molar-refractivity contribution in [1.29, 1.82) is 0 Å². The van der Waals surface area contributed by atoms with Crippen molar-refractivity contribution in [2.24, 2.45) is 11.8 Å². The number of nitrogens with one attached hydrogen (secondary N) is 1. The summed E-state index contributed by atoms with van der Waals surface area (Å²) in [5, 5.41) is 3.87. The third-order valence-electron chi connectivity index (χ3n) is 6.62. The summed E-state index contributed by atoms with van der Waals surface area (Å²) in [6.45, 7) is 7.04. The van der Waals surface area contributed by atoms with Gasteiger partial charge in [-0.3, -0.25) is 9.59 Å². The number of amides is 2. The molecule has 0 radical (unpaired) electrons. The molecule has 1 N–H and O–H groups in total. The minimum atomic E-state index is -0.701. The van der Waals surface area contributed by atoms with Gasteiger partial charge in [-0.15, -0.1) is 11.6 Å². The van der Waals surface area contributed by atoms with Crippen LogP contribution in [0.2, 0.25) is 5.02 Å². The molecule has 6 heteroatoms. The quantitative estimate of drug-likeness (QED) is 0.384. The zero-order chi connectivity index (χ0) is 22.8. The Bertz CT molecular complexity index is 695. The fraction of sp³-hybridized carbons (Fsp3) is 0.680. The molecule has 2 rings (SSSR count). The standard InChI is InChI=1S/C25H38Cl2N2O2/c1-4-6-10-19(5-2)17-29(23(30)16-26)24(20-12-14-21(27)15-13-20)25(31)28-22-11-8-7-9-18(22)3/h12-15,18-19,22,24H,4-11,16-17H2,1-3H3,(H,28,31)/t18-,19-,22-,24-/m0/s1. The topological polar surface area (TPSA) is 49.4 Å². The predicted octanol–water partition coefficient (Wildman–Crippen LogP) is 6.36. The van der Waals surface area contributed by atoms with Gasteiger partial charge in [-0.25, -0.2) is 0 Å². The van der Waals surface area contributed by atoms with E-state index in [0.717, 1.165) is 50.5 Å². The number of carbonyl (C=O) groups excluding carboxylic acids is 2. The first kappa shape index (κ1) is 26.0. The van der Waals surface area contributed by atoms with Gasteiger partial charge in [0.05, 0.1) is 0 Å². The van der Waals surface area contributed by atoms with E-state index in [2.05, 4.69) is 26.1 Å². The highest BCUT2D eigenvalue weighted by molar-refractivity contribution is 6.30. The van der Waals surface area contributed by atoms with E-state index in [0.29, 0.717) is 23.4 Å². The molecule has 1 saturated carbocycles. The van der Waals surface area contributed by atoms with Crippen LogP contribution in [0.15, 0.2) is 24.3 Å². The minimum absolute atomic E-state index is 0.120. The summed E-state index contributed by atoms with van der Waals surface area (Å²) in [5.74, 6) is 0.312. The molecule has 0 aliphatic heterocycles. The molecule has 0 spiro atoms. The average Bonchev–Trinajstić information content (AvgIpc) is 2.77. The van der Waals surface area contributed by atoms with Crippen molar-refractivity contribution in [3.8, 4) is 0 Å². The van der Waals surface area contributed by atoms with Crippen LogP contribution < -0.4 is 5.32 Å². The lowest BCUT2D eigenvalue weighted by Gasteiger charge is -2.36. The van der Waals surface area contributed by atoms with Gasteiger partial charge in [-0.1, -0.05) is 76.6 Å². The lowest BCUT2D eigenvalue weighted by atomic mass is 9.85. The van der Waals surface area contributed by atoms with Crippen molar-refractivity contribution in [2.45, 2.75) is 84.2 Å². The summed E-state index contributed by atoms with van der Waals surface area (Å²) in [6.07, 6.45) is 8.65. The van der Waals surface area contributed by atoms with Gasteiger partial charge in [0.15, 0.2) is 0 Å². The summed E-state index contributed by atoms with van der Waals surface area (Å²) in [5.41, 5.74) is 0.772. The molecule has 1 aliphatic carbocycles. The second-order valence-electron chi connectivity index (χ2n) is 8.93. The van der Waals surface area contributed by atoms with Gasteiger partial charge in [-0.2, -0.15) is 0 Å². The molecular weight excluding hydrogens is 431 g/mol. The molecule has 0 aromatic heterocycles. The van der Waals surface area contributed by atoms with E-state index in [4.69, 9.17) is 23.2 Å². The highest BCUT2D eigenvalue weighted by atomic mass is 35.5. The van der Waals surface area contributed by atoms with E-state index in [1.54, 1.807) is 17.0 Å². The number of nitrogens with zero attached hydrogens (tertiary/aromatic N) is 1. The largest absolute Gasteiger partial charge is 0.351 e. The Morgan fingerprint density at radius 2 is 1.84 bits per heavy atom. The minimum Gasteiger partial charge on any atom is -0.351 e. The Kier molecular flexibility index (Phi) is 11.2. The van der Waals surface area contributed by atoms with Gasteiger partial charge >= 0.3 is 0 Å². The van der Waals surface area contributed by atoms with Crippen molar-refractivity contribution < 1.29 is 9.59 Å². The zero-order valence-corrected chi connectivity index (χ0v) is 20.7. The number of halogens is 2. The molecule has 2 amide bonds. The molecule has 0 bridgehead atoms. The fourth-order valence-corrected chi connectivity index (χ4v) is 4.81. The number of unbranched alkanes of at least 4 members (excludes halogenated alkanes) is 1. The maximum Gasteiger partial charge on any atom is 0.247 e. The van der Waals surface area contributed by atoms with Gasteiger partial charge < -0.3 is 10.2 Å². The summed E-state index contributed by atoms with van der Waals surface area (Å²) >= 11 is 12.1. The third kappa shape index (κ3) is 7.68. The predicted molar refractivity (Wildman–Crippen MR) is 129 cm³/mol. The van der Waals surface area contributed by atoms with Crippen LogP contribution in [0.1, 0.15) is 83.7 Å². The maximum atomic E-state index is 13.6. The van der Waals surface area contributed by atoms with Crippen molar-refractivity contribution in [3.63, 3.8) is 0 Å². The maximum absolute atomic E-state index is 13.6. The first-order chi connectivity index (χ1) is 14.9. The van der Waals surface area contributed by atoms with Crippen LogP contribution in [-0.2, 0) is 9.59 Å². The van der Waals surface area contributed by atoms with E-state index in [9.17, 15) is 9.59 Å². The van der Waals surface area contributed by atoms with Crippen LogP contribution in [0, 0.1) is 11.8 Å². The van der Waals surface area contributed by atoms with E-state index >= 15 is 0 Å². The number of alkyl halides is 1. The summed E-state index contributed by atoms with van der Waals surface area (Å²) in [4.78, 5) is 28.3. The SMILES string of the molecule is CCCC[C@H](CC)CN(C(=O)CCl)[C@H](C(=O)N[C@H]1CCCC[C@@H]1C)c1ccc(Cl)cc1. The highest BCUT2D eigenvalue weighted by Gasteiger charge is 2.34. The number of hydrogen-bond acceptors (Lipinski definition) is 2. The summed E-state index contributed by atoms with van der Waals surface area (Å²) in [6, 6.07) is 6.69. The lowest BCUT2D eigenvalue weighted by molar-refractivity contribution is -0.140. The van der Waals surface area contributed by atoms with E-state index in [-0.39, 0.29) is 23.7 Å².